The van der Waals surface area contributed by atoms with Gasteiger partial charge >= 0.3 is 0 Å². The molecule has 0 amide bonds. The second-order valence-corrected chi connectivity index (χ2v) is 11.8. The number of Topliss-reactive ketones (excluding diaryl/α,β-unsaturated/α-hetero) is 1. The van der Waals surface area contributed by atoms with Crippen molar-refractivity contribution in [2.75, 3.05) is 33.5 Å². The molecule has 2 aromatic carbocycles. The Bertz CT molecular complexity index is 1450. The third-order valence-corrected chi connectivity index (χ3v) is 9.28. The fourth-order valence-electron chi connectivity index (χ4n) is 7.20. The molecule has 2 aromatic rings. The SMILES string of the molecule is COc1cccc2c1C(=O)c1c(O)c3c(c(O)c1C2=O)C[C@@H](C(=O)CO)C[C@@H]3C[C@H]1CCC(O[C@@H]2COCCN2)[C@H](C)O1. The lowest BCUT2D eigenvalue weighted by molar-refractivity contribution is -0.175. The van der Waals surface area contributed by atoms with Gasteiger partial charge in [0.15, 0.2) is 11.6 Å². The number of ether oxygens (including phenoxy) is 4. The van der Waals surface area contributed by atoms with Crippen LogP contribution in [0.25, 0.3) is 0 Å². The Morgan fingerprint density at radius 3 is 2.58 bits per heavy atom. The number of carbonyl (C=O) groups is 3. The van der Waals surface area contributed by atoms with Crippen LogP contribution in [0.5, 0.6) is 17.2 Å². The van der Waals surface area contributed by atoms with Gasteiger partial charge in [-0.2, -0.15) is 0 Å². The van der Waals surface area contributed by atoms with E-state index in [1.165, 1.54) is 13.2 Å². The summed E-state index contributed by atoms with van der Waals surface area (Å²) in [5, 5.41) is 36.2. The second-order valence-electron chi connectivity index (χ2n) is 11.8. The molecule has 0 aromatic heterocycles. The average molecular weight is 596 g/mol. The molecule has 11 heteroatoms. The molecule has 11 nitrogen and oxygen atoms in total. The number of fused-ring (bicyclic) bond motifs is 3. The predicted octanol–water partition coefficient (Wildman–Crippen LogP) is 2.38. The summed E-state index contributed by atoms with van der Waals surface area (Å²) in [6.45, 7) is 3.12. The Hall–Kier alpha value is -3.35. The van der Waals surface area contributed by atoms with Crippen LogP contribution in [-0.4, -0.2) is 90.7 Å². The van der Waals surface area contributed by atoms with E-state index in [1.54, 1.807) is 12.1 Å². The number of aliphatic hydroxyl groups excluding tert-OH is 1. The molecule has 4 aliphatic rings. The van der Waals surface area contributed by atoms with Crippen LogP contribution in [0.1, 0.15) is 81.5 Å². The predicted molar refractivity (Wildman–Crippen MR) is 152 cm³/mol. The third-order valence-electron chi connectivity index (χ3n) is 9.28. The molecule has 6 atom stereocenters. The molecule has 230 valence electrons. The maximum Gasteiger partial charge on any atom is 0.202 e. The summed E-state index contributed by atoms with van der Waals surface area (Å²) >= 11 is 0. The fourth-order valence-corrected chi connectivity index (χ4v) is 7.20. The van der Waals surface area contributed by atoms with Gasteiger partial charge in [-0.1, -0.05) is 12.1 Å². The Kier molecular flexibility index (Phi) is 8.27. The van der Waals surface area contributed by atoms with Gasteiger partial charge in [0.1, 0.15) is 30.1 Å². The smallest absolute Gasteiger partial charge is 0.202 e. The first-order chi connectivity index (χ1) is 20.7. The highest BCUT2D eigenvalue weighted by atomic mass is 16.6. The number of phenolic OH excluding ortho intramolecular Hbond substituents is 2. The van der Waals surface area contributed by atoms with Crippen LogP contribution in [0.2, 0.25) is 0 Å². The molecule has 2 aliphatic carbocycles. The van der Waals surface area contributed by atoms with Crippen molar-refractivity contribution < 1.29 is 48.7 Å². The Balaban J connectivity index is 1.34. The molecule has 0 saturated carbocycles. The molecule has 0 radical (unpaired) electrons. The van der Waals surface area contributed by atoms with Gasteiger partial charge in [-0.25, -0.2) is 0 Å². The summed E-state index contributed by atoms with van der Waals surface area (Å²) in [7, 11) is 1.39. The summed E-state index contributed by atoms with van der Waals surface area (Å²) in [6.07, 6.45) is 1.29. The quantitative estimate of drug-likeness (QED) is 0.297. The van der Waals surface area contributed by atoms with E-state index in [1.807, 2.05) is 6.92 Å². The normalized spacial score (nSPS) is 28.5. The summed E-state index contributed by atoms with van der Waals surface area (Å²) in [5.41, 5.74) is 0.157. The standard InChI is InChI=1S/C32H37NO10/c1-15-22(43-24-14-41-9-8-33-24)7-6-18(42-15)11-17-10-16(21(35)13-34)12-20-25(17)31(38)28-27(30(20)37)29(36)19-4-3-5-23(40-2)26(19)32(28)39/h3-5,15-18,22,24,33-34,37-38H,6-14H2,1-2H3/t15-,16-,17+,18+,22?,24+/m0/s1. The molecule has 0 bridgehead atoms. The molecular formula is C32H37NO10. The third kappa shape index (κ3) is 5.23. The summed E-state index contributed by atoms with van der Waals surface area (Å²) < 4.78 is 23.4. The number of carbonyl (C=O) groups excluding carboxylic acids is 3. The molecule has 43 heavy (non-hydrogen) atoms. The van der Waals surface area contributed by atoms with E-state index in [-0.39, 0.29) is 76.7 Å². The summed E-state index contributed by atoms with van der Waals surface area (Å²) in [5.74, 6) is -3.33. The largest absolute Gasteiger partial charge is 0.507 e. The maximum absolute atomic E-state index is 13.8. The van der Waals surface area contributed by atoms with Crippen molar-refractivity contribution in [3.8, 4) is 17.2 Å². The molecular weight excluding hydrogens is 558 g/mol. The number of benzene rings is 2. The molecule has 2 aliphatic heterocycles. The fraction of sp³-hybridized carbons (Fsp3) is 0.531. The second kappa shape index (κ2) is 12.0. The van der Waals surface area contributed by atoms with E-state index in [0.29, 0.717) is 31.6 Å². The van der Waals surface area contributed by atoms with Gasteiger partial charge in [0, 0.05) is 29.2 Å². The number of rotatable bonds is 7. The van der Waals surface area contributed by atoms with Crippen molar-refractivity contribution in [1.29, 1.82) is 0 Å². The van der Waals surface area contributed by atoms with Crippen molar-refractivity contribution >= 4 is 17.3 Å². The Morgan fingerprint density at radius 1 is 1.09 bits per heavy atom. The first-order valence-electron chi connectivity index (χ1n) is 14.9. The molecule has 1 unspecified atom stereocenters. The highest BCUT2D eigenvalue weighted by molar-refractivity contribution is 6.31. The number of hydrogen-bond acceptors (Lipinski definition) is 11. The van der Waals surface area contributed by atoms with Gasteiger partial charge in [-0.3, -0.25) is 19.7 Å². The van der Waals surface area contributed by atoms with Gasteiger partial charge in [0.2, 0.25) is 5.78 Å². The van der Waals surface area contributed by atoms with E-state index in [9.17, 15) is 29.7 Å². The van der Waals surface area contributed by atoms with Crippen molar-refractivity contribution in [3.63, 3.8) is 0 Å². The number of aromatic hydroxyl groups is 2. The van der Waals surface area contributed by atoms with Crippen molar-refractivity contribution in [2.45, 2.75) is 69.5 Å². The molecule has 2 fully saturated rings. The first-order valence-corrected chi connectivity index (χ1v) is 14.9. The van der Waals surface area contributed by atoms with Gasteiger partial charge in [0.05, 0.1) is 55.3 Å². The number of phenols is 2. The number of nitrogens with one attached hydrogen (secondary N) is 1. The highest BCUT2D eigenvalue weighted by Crippen LogP contribution is 2.52. The zero-order chi connectivity index (χ0) is 30.4. The molecule has 4 N–H and O–H groups in total. The summed E-state index contributed by atoms with van der Waals surface area (Å²) in [6, 6.07) is 4.62. The number of methoxy groups -OCH3 is 1. The van der Waals surface area contributed by atoms with Gasteiger partial charge in [-0.05, 0) is 51.0 Å². The number of hydrogen-bond donors (Lipinski definition) is 4. The van der Waals surface area contributed by atoms with Crippen LogP contribution >= 0.6 is 0 Å². The zero-order valence-corrected chi connectivity index (χ0v) is 24.3. The molecule has 2 saturated heterocycles. The first kappa shape index (κ1) is 29.7. The lowest BCUT2D eigenvalue weighted by Crippen LogP contribution is -2.49. The van der Waals surface area contributed by atoms with Crippen LogP contribution in [-0.2, 0) is 25.4 Å². The van der Waals surface area contributed by atoms with E-state index in [4.69, 9.17) is 18.9 Å². The minimum Gasteiger partial charge on any atom is -0.507 e. The van der Waals surface area contributed by atoms with E-state index < -0.39 is 41.5 Å². The van der Waals surface area contributed by atoms with Crippen LogP contribution in [0, 0.1) is 5.92 Å². The number of aliphatic hydroxyl groups is 1. The van der Waals surface area contributed by atoms with Crippen LogP contribution in [0.15, 0.2) is 18.2 Å². The van der Waals surface area contributed by atoms with Crippen LogP contribution < -0.4 is 10.1 Å². The van der Waals surface area contributed by atoms with E-state index >= 15 is 0 Å². The van der Waals surface area contributed by atoms with Gasteiger partial charge < -0.3 is 34.3 Å². The van der Waals surface area contributed by atoms with Crippen LogP contribution in [0.4, 0.5) is 0 Å². The lowest BCUT2D eigenvalue weighted by atomic mass is 9.69. The summed E-state index contributed by atoms with van der Waals surface area (Å²) in [4.78, 5) is 40.2. The van der Waals surface area contributed by atoms with E-state index in [0.717, 1.165) is 13.0 Å². The van der Waals surface area contributed by atoms with E-state index in [2.05, 4.69) is 5.32 Å². The minimum atomic E-state index is -0.663. The van der Waals surface area contributed by atoms with Crippen molar-refractivity contribution in [3.05, 3.63) is 51.6 Å². The highest BCUT2D eigenvalue weighted by Gasteiger charge is 2.44. The minimum absolute atomic E-state index is 0.0264. The monoisotopic (exact) mass is 595 g/mol. The maximum atomic E-state index is 13.8. The van der Waals surface area contributed by atoms with Crippen molar-refractivity contribution in [2.24, 2.45) is 5.92 Å². The van der Waals surface area contributed by atoms with Gasteiger partial charge in [0.25, 0.3) is 0 Å². The van der Waals surface area contributed by atoms with Crippen molar-refractivity contribution in [1.82, 2.24) is 5.32 Å². The van der Waals surface area contributed by atoms with Gasteiger partial charge in [-0.15, -0.1) is 0 Å². The zero-order valence-electron chi connectivity index (χ0n) is 24.3. The molecule has 2 heterocycles. The van der Waals surface area contributed by atoms with Crippen LogP contribution in [0.3, 0.4) is 0 Å². The topological polar surface area (TPSA) is 161 Å². The Morgan fingerprint density at radius 2 is 1.88 bits per heavy atom. The molecule has 6 rings (SSSR count). The number of morpholine rings is 1. The molecule has 0 spiro atoms. The number of ketones is 3. The Labute approximate surface area is 249 Å². The lowest BCUT2D eigenvalue weighted by Gasteiger charge is -2.40. The average Bonchev–Trinajstić information content (AvgIpc) is 3.02.